The molecule has 0 saturated heterocycles. The van der Waals surface area contributed by atoms with Crippen molar-refractivity contribution in [2.24, 2.45) is 10.7 Å². The van der Waals surface area contributed by atoms with E-state index in [0.717, 1.165) is 0 Å². The molecule has 0 aliphatic heterocycles. The number of hydrogen-bond donors (Lipinski definition) is 3. The molecular weight excluding hydrogens is 170 g/mol. The second kappa shape index (κ2) is 7.30. The highest BCUT2D eigenvalue weighted by Crippen LogP contribution is 1.75. The van der Waals surface area contributed by atoms with E-state index in [1.54, 1.807) is 6.92 Å². The molecule has 4 N–H and O–H groups in total. The first-order valence-electron chi connectivity index (χ1n) is 3.97. The fourth-order valence-corrected chi connectivity index (χ4v) is 0.617. The van der Waals surface area contributed by atoms with Crippen molar-refractivity contribution in [2.75, 3.05) is 19.6 Å². The second-order valence-electron chi connectivity index (χ2n) is 2.48. The van der Waals surface area contributed by atoms with Crippen LogP contribution >= 0.6 is 0 Å². The summed E-state index contributed by atoms with van der Waals surface area (Å²) < 4.78 is 0. The van der Waals surface area contributed by atoms with Gasteiger partial charge in [0.1, 0.15) is 0 Å². The third kappa shape index (κ3) is 10.6. The maximum Gasteiger partial charge on any atom is 0.317 e. The Balaban J connectivity index is 3.32. The summed E-state index contributed by atoms with van der Waals surface area (Å²) in [6, 6.07) is 0. The van der Waals surface area contributed by atoms with Gasteiger partial charge in [-0.15, -0.1) is 0 Å². The van der Waals surface area contributed by atoms with Crippen LogP contribution in [0.5, 0.6) is 0 Å². The number of nitrogens with one attached hydrogen (secondary N) is 1. The first-order chi connectivity index (χ1) is 6.13. The van der Waals surface area contributed by atoms with Crippen LogP contribution < -0.4 is 11.1 Å². The highest BCUT2D eigenvalue weighted by molar-refractivity contribution is 5.77. The van der Waals surface area contributed by atoms with Gasteiger partial charge in [-0.1, -0.05) is 12.2 Å². The van der Waals surface area contributed by atoms with E-state index < -0.39 is 5.97 Å². The molecule has 0 aromatic rings. The van der Waals surface area contributed by atoms with Gasteiger partial charge in [0.25, 0.3) is 0 Å². The van der Waals surface area contributed by atoms with Crippen molar-refractivity contribution >= 4 is 11.8 Å². The fraction of sp³-hybridized carbons (Fsp3) is 0.500. The Hall–Kier alpha value is -1.36. The molecule has 0 aliphatic carbocycles. The van der Waals surface area contributed by atoms with E-state index in [4.69, 9.17) is 10.8 Å². The number of carbonyl (C=O) groups is 1. The predicted octanol–water partition coefficient (Wildman–Crippen LogP) is -0.406. The Bertz CT molecular complexity index is 207. The lowest BCUT2D eigenvalue weighted by molar-refractivity contribution is -0.135. The van der Waals surface area contributed by atoms with Gasteiger partial charge in [-0.3, -0.25) is 9.79 Å². The minimum atomic E-state index is -0.857. The average molecular weight is 185 g/mol. The summed E-state index contributed by atoms with van der Waals surface area (Å²) in [4.78, 5) is 14.0. The zero-order valence-corrected chi connectivity index (χ0v) is 7.66. The Morgan fingerprint density at radius 2 is 2.31 bits per heavy atom. The van der Waals surface area contributed by atoms with Crippen molar-refractivity contribution in [3.8, 4) is 0 Å². The zero-order chi connectivity index (χ0) is 10.1. The molecule has 0 atom stereocenters. The molecule has 5 nitrogen and oxygen atoms in total. The van der Waals surface area contributed by atoms with E-state index in [1.807, 2.05) is 12.2 Å². The van der Waals surface area contributed by atoms with Crippen LogP contribution in [0.4, 0.5) is 0 Å². The molecule has 13 heavy (non-hydrogen) atoms. The molecule has 0 rings (SSSR count). The number of nitrogens with two attached hydrogens (primary N) is 1. The highest BCUT2D eigenvalue weighted by atomic mass is 16.4. The number of carboxylic acid groups (broad SMARTS) is 1. The van der Waals surface area contributed by atoms with Crippen LogP contribution in [-0.2, 0) is 4.79 Å². The second-order valence-corrected chi connectivity index (χ2v) is 2.48. The summed E-state index contributed by atoms with van der Waals surface area (Å²) >= 11 is 0. The topological polar surface area (TPSA) is 87.7 Å². The average Bonchev–Trinajstić information content (AvgIpc) is 2.01. The van der Waals surface area contributed by atoms with Gasteiger partial charge >= 0.3 is 5.97 Å². The molecule has 0 heterocycles. The Kier molecular flexibility index (Phi) is 6.53. The van der Waals surface area contributed by atoms with Crippen molar-refractivity contribution in [1.82, 2.24) is 5.32 Å². The van der Waals surface area contributed by atoms with E-state index in [0.29, 0.717) is 18.9 Å². The van der Waals surface area contributed by atoms with E-state index in [1.165, 1.54) is 0 Å². The maximum absolute atomic E-state index is 10.1. The third-order valence-electron chi connectivity index (χ3n) is 1.15. The van der Waals surface area contributed by atoms with Crippen molar-refractivity contribution in [3.63, 3.8) is 0 Å². The van der Waals surface area contributed by atoms with Crippen LogP contribution in [0.25, 0.3) is 0 Å². The molecule has 0 bridgehead atoms. The molecule has 0 aromatic carbocycles. The highest BCUT2D eigenvalue weighted by Gasteiger charge is 1.90. The fourth-order valence-electron chi connectivity index (χ4n) is 0.617. The number of carboxylic acids is 1. The van der Waals surface area contributed by atoms with Gasteiger partial charge in [0, 0.05) is 6.54 Å². The molecule has 0 radical (unpaired) electrons. The number of amidine groups is 1. The summed E-state index contributed by atoms with van der Waals surface area (Å²) in [7, 11) is 0. The molecular formula is C8H15N3O2. The van der Waals surface area contributed by atoms with Gasteiger partial charge in [0.15, 0.2) is 0 Å². The molecule has 5 heteroatoms. The number of aliphatic imine (C=N–C) groups is 1. The van der Waals surface area contributed by atoms with Crippen LogP contribution in [0.15, 0.2) is 17.1 Å². The Morgan fingerprint density at radius 3 is 2.85 bits per heavy atom. The quantitative estimate of drug-likeness (QED) is 0.227. The van der Waals surface area contributed by atoms with Gasteiger partial charge < -0.3 is 16.2 Å². The molecule has 0 saturated carbocycles. The van der Waals surface area contributed by atoms with Crippen molar-refractivity contribution < 1.29 is 9.90 Å². The van der Waals surface area contributed by atoms with Crippen LogP contribution in [0.3, 0.4) is 0 Å². The van der Waals surface area contributed by atoms with Crippen molar-refractivity contribution in [1.29, 1.82) is 0 Å². The number of aliphatic carboxylic acids is 1. The standard InChI is InChI=1S/C8H15N3O2/c1-7(9)11-5-3-2-4-10-6-8(12)13/h2-3,10H,4-6H2,1H3,(H2,9,11)(H,12,13)/b3-2-. The lowest BCUT2D eigenvalue weighted by atomic mass is 10.4. The van der Waals surface area contributed by atoms with E-state index >= 15 is 0 Å². The molecule has 0 fully saturated rings. The molecule has 0 amide bonds. The third-order valence-corrected chi connectivity index (χ3v) is 1.15. The Labute approximate surface area is 77.3 Å². The van der Waals surface area contributed by atoms with Gasteiger partial charge in [0.2, 0.25) is 0 Å². The largest absolute Gasteiger partial charge is 0.480 e. The minimum Gasteiger partial charge on any atom is -0.480 e. The van der Waals surface area contributed by atoms with Gasteiger partial charge in [0.05, 0.1) is 18.9 Å². The summed E-state index contributed by atoms with van der Waals surface area (Å²) in [6.07, 6.45) is 3.64. The van der Waals surface area contributed by atoms with Crippen LogP contribution in [0, 0.1) is 0 Å². The van der Waals surface area contributed by atoms with Gasteiger partial charge in [-0.25, -0.2) is 0 Å². The van der Waals surface area contributed by atoms with Crippen LogP contribution in [0.2, 0.25) is 0 Å². The van der Waals surface area contributed by atoms with Crippen molar-refractivity contribution in [2.45, 2.75) is 6.92 Å². The molecule has 0 aliphatic rings. The van der Waals surface area contributed by atoms with Crippen LogP contribution in [0.1, 0.15) is 6.92 Å². The normalized spacial score (nSPS) is 12.2. The molecule has 74 valence electrons. The number of rotatable bonds is 6. The summed E-state index contributed by atoms with van der Waals surface area (Å²) in [5.41, 5.74) is 5.30. The summed E-state index contributed by atoms with van der Waals surface area (Å²) in [5.74, 6) is -0.313. The summed E-state index contributed by atoms with van der Waals surface area (Å²) in [5, 5.41) is 11.0. The predicted molar refractivity (Wildman–Crippen MR) is 51.8 cm³/mol. The number of nitrogens with zero attached hydrogens (tertiary/aromatic N) is 1. The zero-order valence-electron chi connectivity index (χ0n) is 7.66. The molecule has 0 aromatic heterocycles. The Morgan fingerprint density at radius 1 is 1.62 bits per heavy atom. The molecule has 0 spiro atoms. The van der Waals surface area contributed by atoms with E-state index in [-0.39, 0.29) is 6.54 Å². The van der Waals surface area contributed by atoms with Gasteiger partial charge in [-0.2, -0.15) is 0 Å². The summed E-state index contributed by atoms with van der Waals surface area (Å²) in [6.45, 7) is 2.77. The molecule has 0 unspecified atom stereocenters. The van der Waals surface area contributed by atoms with Gasteiger partial charge in [-0.05, 0) is 6.92 Å². The smallest absolute Gasteiger partial charge is 0.317 e. The van der Waals surface area contributed by atoms with E-state index in [2.05, 4.69) is 10.3 Å². The maximum atomic E-state index is 10.1. The first-order valence-corrected chi connectivity index (χ1v) is 3.97. The SMILES string of the molecule is CC(N)=NC/C=C\CNCC(=O)O. The monoisotopic (exact) mass is 185 g/mol. The first kappa shape index (κ1) is 11.6. The van der Waals surface area contributed by atoms with Crippen molar-refractivity contribution in [3.05, 3.63) is 12.2 Å². The van der Waals surface area contributed by atoms with Crippen LogP contribution in [-0.4, -0.2) is 36.5 Å². The minimum absolute atomic E-state index is 0.0243. The van der Waals surface area contributed by atoms with E-state index in [9.17, 15) is 4.79 Å². The lowest BCUT2D eigenvalue weighted by Crippen LogP contribution is -2.22. The number of hydrogen-bond acceptors (Lipinski definition) is 3. The lowest BCUT2D eigenvalue weighted by Gasteiger charge is -1.94.